The van der Waals surface area contributed by atoms with Crippen molar-refractivity contribution in [3.63, 3.8) is 0 Å². The van der Waals surface area contributed by atoms with E-state index in [9.17, 15) is 14.3 Å². The number of nitrogens with one attached hydrogen (secondary N) is 3. The van der Waals surface area contributed by atoms with Crippen molar-refractivity contribution in [3.05, 3.63) is 42.4 Å². The van der Waals surface area contributed by atoms with E-state index in [1.54, 1.807) is 12.4 Å². The normalized spacial score (nSPS) is 12.8. The fraction of sp³-hybridized carbons (Fsp3) is 0.350. The largest absolute Gasteiger partial charge is 0.387 e. The molecule has 1 atom stereocenters. The van der Waals surface area contributed by atoms with Gasteiger partial charge in [-0.05, 0) is 38.5 Å². The number of aromatic nitrogens is 3. The summed E-state index contributed by atoms with van der Waals surface area (Å²) in [5.41, 5.74) is 2.02. The van der Waals surface area contributed by atoms with Gasteiger partial charge >= 0.3 is 0 Å². The molecular formula is C20H24FN5O2. The van der Waals surface area contributed by atoms with Gasteiger partial charge in [-0.15, -0.1) is 0 Å². The number of amides is 1. The van der Waals surface area contributed by atoms with Crippen LogP contribution in [0.1, 0.15) is 31.1 Å². The summed E-state index contributed by atoms with van der Waals surface area (Å²) >= 11 is 0. The van der Waals surface area contributed by atoms with E-state index in [2.05, 4.69) is 25.8 Å². The Labute approximate surface area is 162 Å². The van der Waals surface area contributed by atoms with Crippen LogP contribution < -0.4 is 10.6 Å². The van der Waals surface area contributed by atoms with Crippen molar-refractivity contribution in [2.75, 3.05) is 18.4 Å². The van der Waals surface area contributed by atoms with E-state index in [-0.39, 0.29) is 6.54 Å². The Bertz CT molecular complexity index is 967. The number of carbonyl (C=O) groups excluding carboxylic acids is 1. The number of carbonyl (C=O) groups is 1. The Balaban J connectivity index is 1.97. The molecule has 0 aliphatic rings. The Hall–Kier alpha value is -3.00. The molecular weight excluding hydrogens is 361 g/mol. The lowest BCUT2D eigenvalue weighted by Gasteiger charge is -2.22. The summed E-state index contributed by atoms with van der Waals surface area (Å²) in [6.45, 7) is 4.97. The van der Waals surface area contributed by atoms with E-state index < -0.39 is 17.7 Å². The second-order valence-electron chi connectivity index (χ2n) is 7.13. The molecule has 0 saturated carbocycles. The number of halogens is 1. The molecule has 4 N–H and O–H groups in total. The molecule has 3 aromatic rings. The Kier molecular flexibility index (Phi) is 5.60. The fourth-order valence-corrected chi connectivity index (χ4v) is 2.85. The number of aliphatic hydroxyl groups is 1. The van der Waals surface area contributed by atoms with Gasteiger partial charge in [0.15, 0.2) is 0 Å². The average molecular weight is 385 g/mol. The van der Waals surface area contributed by atoms with Crippen LogP contribution in [0.15, 0.2) is 36.8 Å². The number of H-pyrrole nitrogens is 1. The maximum absolute atomic E-state index is 14.0. The van der Waals surface area contributed by atoms with Crippen molar-refractivity contribution >= 4 is 22.5 Å². The monoisotopic (exact) mass is 385 g/mol. The first-order valence-corrected chi connectivity index (χ1v) is 9.11. The number of benzene rings is 1. The highest BCUT2D eigenvalue weighted by Gasteiger charge is 2.27. The van der Waals surface area contributed by atoms with Gasteiger partial charge in [0.05, 0.1) is 35.1 Å². The number of hydrogen-bond donors (Lipinski definition) is 4. The van der Waals surface area contributed by atoms with Crippen LogP contribution in [-0.4, -0.2) is 51.1 Å². The molecule has 7 nitrogen and oxygen atoms in total. The Morgan fingerprint density at radius 1 is 1.32 bits per heavy atom. The minimum absolute atomic E-state index is 0.291. The summed E-state index contributed by atoms with van der Waals surface area (Å²) in [6, 6.07) is 5.76. The molecule has 0 bridgehead atoms. The first kappa shape index (κ1) is 19.8. The highest BCUT2D eigenvalue weighted by atomic mass is 19.1. The van der Waals surface area contributed by atoms with Gasteiger partial charge in [-0.2, -0.15) is 5.10 Å². The summed E-state index contributed by atoms with van der Waals surface area (Å²) in [4.78, 5) is 17.1. The second-order valence-corrected chi connectivity index (χ2v) is 7.13. The van der Waals surface area contributed by atoms with Crippen LogP contribution in [0.3, 0.4) is 0 Å². The van der Waals surface area contributed by atoms with E-state index in [1.165, 1.54) is 20.0 Å². The average Bonchev–Trinajstić information content (AvgIpc) is 3.20. The van der Waals surface area contributed by atoms with Gasteiger partial charge in [0.2, 0.25) is 0 Å². The smallest absolute Gasteiger partial charge is 0.255 e. The van der Waals surface area contributed by atoms with Gasteiger partial charge in [-0.3, -0.25) is 14.9 Å². The zero-order valence-corrected chi connectivity index (χ0v) is 16.1. The van der Waals surface area contributed by atoms with E-state index in [4.69, 9.17) is 0 Å². The third kappa shape index (κ3) is 4.12. The van der Waals surface area contributed by atoms with Gasteiger partial charge in [-0.1, -0.05) is 6.07 Å². The SMILES string of the molecule is CCNc1c(C(=O)NC[C@@H](F)C(C)(C)O)cnc2ccc(-c3cn[nH]c3)cc12. The number of anilines is 1. The Morgan fingerprint density at radius 2 is 2.11 bits per heavy atom. The maximum Gasteiger partial charge on any atom is 0.255 e. The predicted octanol–water partition coefficient (Wildman–Crippen LogP) is 2.90. The topological polar surface area (TPSA) is 103 Å². The first-order chi connectivity index (χ1) is 13.3. The number of hydrogen-bond acceptors (Lipinski definition) is 5. The van der Waals surface area contributed by atoms with Crippen molar-refractivity contribution in [1.29, 1.82) is 0 Å². The zero-order chi connectivity index (χ0) is 20.3. The molecule has 0 spiro atoms. The fourth-order valence-electron chi connectivity index (χ4n) is 2.85. The minimum Gasteiger partial charge on any atom is -0.387 e. The van der Waals surface area contributed by atoms with Crippen LogP contribution in [0.25, 0.3) is 22.0 Å². The number of alkyl halides is 1. The molecule has 2 heterocycles. The van der Waals surface area contributed by atoms with Crippen molar-refractivity contribution in [2.24, 2.45) is 0 Å². The molecule has 2 aromatic heterocycles. The Morgan fingerprint density at radius 3 is 2.75 bits per heavy atom. The van der Waals surface area contributed by atoms with Crippen LogP contribution in [0.2, 0.25) is 0 Å². The van der Waals surface area contributed by atoms with Crippen LogP contribution in [0.5, 0.6) is 0 Å². The molecule has 0 unspecified atom stereocenters. The van der Waals surface area contributed by atoms with E-state index in [1.807, 2.05) is 25.1 Å². The quantitative estimate of drug-likeness (QED) is 0.501. The third-order valence-electron chi connectivity index (χ3n) is 4.51. The molecule has 0 radical (unpaired) electrons. The standard InChI is InChI=1S/C20H24FN5O2/c1-4-22-18-14-7-12(13-8-25-26-9-13)5-6-16(14)23-10-15(18)19(27)24-11-17(21)20(2,3)28/h5-10,17,28H,4,11H2,1-3H3,(H,22,23)(H,24,27)(H,25,26)/t17-/m1/s1. The third-order valence-corrected chi connectivity index (χ3v) is 4.51. The summed E-state index contributed by atoms with van der Waals surface area (Å²) in [5.74, 6) is -0.453. The number of fused-ring (bicyclic) bond motifs is 1. The molecule has 3 rings (SSSR count). The highest BCUT2D eigenvalue weighted by Crippen LogP contribution is 2.30. The van der Waals surface area contributed by atoms with Crippen LogP contribution in [-0.2, 0) is 0 Å². The van der Waals surface area contributed by atoms with Gasteiger partial charge in [0.25, 0.3) is 5.91 Å². The van der Waals surface area contributed by atoms with Crippen LogP contribution in [0, 0.1) is 0 Å². The summed E-state index contributed by atoms with van der Waals surface area (Å²) < 4.78 is 14.0. The second kappa shape index (κ2) is 7.93. The zero-order valence-electron chi connectivity index (χ0n) is 16.1. The summed E-state index contributed by atoms with van der Waals surface area (Å²) in [6.07, 6.45) is 3.40. The molecule has 1 aromatic carbocycles. The lowest BCUT2D eigenvalue weighted by molar-refractivity contribution is -0.00177. The molecule has 0 aliphatic heterocycles. The number of pyridine rings is 1. The molecule has 1 amide bonds. The minimum atomic E-state index is -1.58. The number of nitrogens with zero attached hydrogens (tertiary/aromatic N) is 2. The van der Waals surface area contributed by atoms with Gasteiger partial charge in [0.1, 0.15) is 6.17 Å². The summed E-state index contributed by atoms with van der Waals surface area (Å²) in [7, 11) is 0. The van der Waals surface area contributed by atoms with Gasteiger partial charge in [0, 0.05) is 29.9 Å². The molecule has 0 fully saturated rings. The van der Waals surface area contributed by atoms with E-state index in [0.717, 1.165) is 22.0 Å². The molecule has 0 aliphatic carbocycles. The maximum atomic E-state index is 14.0. The molecule has 8 heteroatoms. The van der Waals surface area contributed by atoms with Crippen LogP contribution in [0.4, 0.5) is 10.1 Å². The van der Waals surface area contributed by atoms with Gasteiger partial charge < -0.3 is 15.7 Å². The van der Waals surface area contributed by atoms with Crippen LogP contribution >= 0.6 is 0 Å². The van der Waals surface area contributed by atoms with Crippen molar-refractivity contribution in [3.8, 4) is 11.1 Å². The first-order valence-electron chi connectivity index (χ1n) is 9.11. The molecule has 148 valence electrons. The highest BCUT2D eigenvalue weighted by molar-refractivity contribution is 6.07. The molecule has 0 saturated heterocycles. The number of rotatable bonds is 7. The van der Waals surface area contributed by atoms with Gasteiger partial charge in [-0.25, -0.2) is 4.39 Å². The lowest BCUT2D eigenvalue weighted by atomic mass is 10.0. The number of aromatic amines is 1. The molecule has 28 heavy (non-hydrogen) atoms. The predicted molar refractivity (Wildman–Crippen MR) is 107 cm³/mol. The van der Waals surface area contributed by atoms with Crippen molar-refractivity contribution in [1.82, 2.24) is 20.5 Å². The van der Waals surface area contributed by atoms with E-state index >= 15 is 0 Å². The summed E-state index contributed by atoms with van der Waals surface area (Å²) in [5, 5.41) is 23.0. The van der Waals surface area contributed by atoms with Crippen molar-refractivity contribution in [2.45, 2.75) is 32.5 Å². The lowest BCUT2D eigenvalue weighted by Crippen LogP contribution is -2.42. The van der Waals surface area contributed by atoms with Crippen molar-refractivity contribution < 1.29 is 14.3 Å². The van der Waals surface area contributed by atoms with E-state index in [0.29, 0.717) is 17.8 Å².